The summed E-state index contributed by atoms with van der Waals surface area (Å²) < 4.78 is 28.1. The summed E-state index contributed by atoms with van der Waals surface area (Å²) >= 11 is 1.02. The molecule has 2 aromatic heterocycles. The van der Waals surface area contributed by atoms with Crippen LogP contribution in [0.1, 0.15) is 51.1 Å². The predicted octanol–water partition coefficient (Wildman–Crippen LogP) is 3.86. The first-order chi connectivity index (χ1) is 14.3. The molecule has 0 fully saturated rings. The highest BCUT2D eigenvalue weighted by atomic mass is 32.2. The summed E-state index contributed by atoms with van der Waals surface area (Å²) in [5.74, 6) is -0.547. The number of fused-ring (bicyclic) bond motifs is 1. The van der Waals surface area contributed by atoms with Crippen molar-refractivity contribution >= 4 is 38.9 Å². The Bertz CT molecular complexity index is 1200. The Morgan fingerprint density at radius 1 is 1.03 bits per heavy atom. The minimum atomic E-state index is -3.77. The molecule has 30 heavy (non-hydrogen) atoms. The Kier molecular flexibility index (Phi) is 5.17. The number of nitrogens with one attached hydrogen (secondary N) is 1. The van der Waals surface area contributed by atoms with Gasteiger partial charge in [0.05, 0.1) is 12.1 Å². The topological polar surface area (TPSA) is 96.4 Å². The molecule has 0 saturated heterocycles. The number of rotatable bonds is 6. The van der Waals surface area contributed by atoms with Crippen molar-refractivity contribution < 1.29 is 18.0 Å². The van der Waals surface area contributed by atoms with Crippen LogP contribution in [-0.4, -0.2) is 30.1 Å². The van der Waals surface area contributed by atoms with Crippen LogP contribution in [0.5, 0.6) is 0 Å². The second kappa shape index (κ2) is 7.66. The van der Waals surface area contributed by atoms with Crippen LogP contribution >= 0.6 is 11.3 Å². The summed E-state index contributed by atoms with van der Waals surface area (Å²) in [4.78, 5) is 30.6. The Morgan fingerprint density at radius 3 is 2.43 bits per heavy atom. The first-order valence-electron chi connectivity index (χ1n) is 9.29. The molecule has 9 heteroatoms. The standard InChI is InChI=1S/C21H19N3O4S2/c1-13(2)14-5-7-15(8-6-14)23-30(27,28)18-10-9-16(29-18)12-24-20(25)17-4-3-11-22-19(17)21(24)26/h3-11,13,23H,12H2,1-2H3. The van der Waals surface area contributed by atoms with E-state index in [1.165, 1.54) is 12.3 Å². The Labute approximate surface area is 178 Å². The minimum Gasteiger partial charge on any atom is -0.279 e. The molecule has 4 rings (SSSR count). The summed E-state index contributed by atoms with van der Waals surface area (Å²) in [6.07, 6.45) is 1.46. The summed E-state index contributed by atoms with van der Waals surface area (Å²) in [7, 11) is -3.77. The molecule has 2 amide bonds. The van der Waals surface area contributed by atoms with Gasteiger partial charge in [0, 0.05) is 16.8 Å². The molecule has 0 spiro atoms. The molecule has 0 saturated carbocycles. The fourth-order valence-electron chi connectivity index (χ4n) is 3.14. The maximum Gasteiger partial charge on any atom is 0.280 e. The van der Waals surface area contributed by atoms with Gasteiger partial charge < -0.3 is 0 Å². The average Bonchev–Trinajstić information content (AvgIpc) is 3.29. The number of imide groups is 1. The average molecular weight is 442 g/mol. The van der Waals surface area contributed by atoms with E-state index >= 15 is 0 Å². The van der Waals surface area contributed by atoms with Gasteiger partial charge >= 0.3 is 0 Å². The molecule has 3 heterocycles. The lowest BCUT2D eigenvalue weighted by Crippen LogP contribution is -2.28. The van der Waals surface area contributed by atoms with E-state index in [1.54, 1.807) is 30.3 Å². The molecule has 1 aliphatic rings. The lowest BCUT2D eigenvalue weighted by molar-refractivity contribution is 0.0642. The van der Waals surface area contributed by atoms with Crippen LogP contribution in [0.2, 0.25) is 0 Å². The fourth-order valence-corrected chi connectivity index (χ4v) is 5.55. The van der Waals surface area contributed by atoms with E-state index in [4.69, 9.17) is 0 Å². The zero-order chi connectivity index (χ0) is 21.5. The zero-order valence-corrected chi connectivity index (χ0v) is 18.0. The third kappa shape index (κ3) is 3.73. The fraction of sp³-hybridized carbons (Fsp3) is 0.190. The molecule has 1 N–H and O–H groups in total. The highest BCUT2D eigenvalue weighted by molar-refractivity contribution is 7.94. The number of carbonyl (C=O) groups excluding carboxylic acids is 2. The molecule has 154 valence electrons. The van der Waals surface area contributed by atoms with Gasteiger partial charge in [-0.25, -0.2) is 8.42 Å². The Hall–Kier alpha value is -3.04. The van der Waals surface area contributed by atoms with E-state index in [0.29, 0.717) is 16.5 Å². The number of amides is 2. The van der Waals surface area contributed by atoms with Gasteiger partial charge in [0.25, 0.3) is 21.8 Å². The highest BCUT2D eigenvalue weighted by Crippen LogP contribution is 2.28. The summed E-state index contributed by atoms with van der Waals surface area (Å²) in [5.41, 5.74) is 1.98. The molecular formula is C21H19N3O4S2. The van der Waals surface area contributed by atoms with Crippen LogP contribution in [0.15, 0.2) is 58.9 Å². The molecule has 0 radical (unpaired) electrons. The van der Waals surface area contributed by atoms with E-state index in [-0.39, 0.29) is 22.0 Å². The number of sulfonamides is 1. The van der Waals surface area contributed by atoms with Gasteiger partial charge in [0.1, 0.15) is 9.90 Å². The molecule has 1 aliphatic heterocycles. The molecule has 3 aromatic rings. The number of carbonyl (C=O) groups is 2. The lowest BCUT2D eigenvalue weighted by Gasteiger charge is -2.11. The number of pyridine rings is 1. The van der Waals surface area contributed by atoms with E-state index in [0.717, 1.165) is 21.8 Å². The molecule has 7 nitrogen and oxygen atoms in total. The number of aromatic nitrogens is 1. The van der Waals surface area contributed by atoms with Gasteiger partial charge in [-0.2, -0.15) is 0 Å². The minimum absolute atomic E-state index is 0.00268. The van der Waals surface area contributed by atoms with Crippen molar-refractivity contribution in [2.75, 3.05) is 4.72 Å². The predicted molar refractivity (Wildman–Crippen MR) is 114 cm³/mol. The van der Waals surface area contributed by atoms with Gasteiger partial charge in [-0.15, -0.1) is 11.3 Å². The maximum absolute atomic E-state index is 12.7. The summed E-state index contributed by atoms with van der Waals surface area (Å²) in [6, 6.07) is 13.5. The molecule has 0 bridgehead atoms. The van der Waals surface area contributed by atoms with Crippen LogP contribution in [0, 0.1) is 0 Å². The first kappa shape index (κ1) is 20.2. The number of benzene rings is 1. The van der Waals surface area contributed by atoms with Gasteiger partial charge in [-0.3, -0.25) is 24.2 Å². The first-order valence-corrected chi connectivity index (χ1v) is 11.6. The van der Waals surface area contributed by atoms with Crippen molar-refractivity contribution in [3.8, 4) is 0 Å². The monoisotopic (exact) mass is 441 g/mol. The Balaban J connectivity index is 1.50. The number of anilines is 1. The molecule has 0 aliphatic carbocycles. The van der Waals surface area contributed by atoms with Crippen LogP contribution < -0.4 is 4.72 Å². The van der Waals surface area contributed by atoms with Crippen LogP contribution in [-0.2, 0) is 16.6 Å². The van der Waals surface area contributed by atoms with Crippen molar-refractivity contribution in [2.45, 2.75) is 30.5 Å². The summed E-state index contributed by atoms with van der Waals surface area (Å²) in [6.45, 7) is 4.13. The normalized spacial score (nSPS) is 13.8. The van der Waals surface area contributed by atoms with Gasteiger partial charge in [0.2, 0.25) is 0 Å². The third-order valence-corrected chi connectivity index (χ3v) is 7.72. The van der Waals surface area contributed by atoms with Crippen molar-refractivity contribution in [2.24, 2.45) is 0 Å². The van der Waals surface area contributed by atoms with Crippen molar-refractivity contribution in [1.29, 1.82) is 0 Å². The maximum atomic E-state index is 12.7. The highest BCUT2D eigenvalue weighted by Gasteiger charge is 2.36. The van der Waals surface area contributed by atoms with Gasteiger partial charge in [-0.05, 0) is 47.9 Å². The van der Waals surface area contributed by atoms with Gasteiger partial charge in [0.15, 0.2) is 0 Å². The van der Waals surface area contributed by atoms with E-state index in [9.17, 15) is 18.0 Å². The zero-order valence-electron chi connectivity index (χ0n) is 16.3. The number of hydrogen-bond acceptors (Lipinski definition) is 6. The second-order valence-corrected chi connectivity index (χ2v) is 10.3. The van der Waals surface area contributed by atoms with Crippen molar-refractivity contribution in [1.82, 2.24) is 9.88 Å². The number of thiophene rings is 1. The van der Waals surface area contributed by atoms with Gasteiger partial charge in [-0.1, -0.05) is 26.0 Å². The van der Waals surface area contributed by atoms with E-state index in [2.05, 4.69) is 23.6 Å². The quantitative estimate of drug-likeness (QED) is 0.586. The van der Waals surface area contributed by atoms with E-state index in [1.807, 2.05) is 12.1 Å². The molecular weight excluding hydrogens is 422 g/mol. The van der Waals surface area contributed by atoms with E-state index < -0.39 is 21.8 Å². The number of nitrogens with zero attached hydrogens (tertiary/aromatic N) is 2. The molecule has 1 aromatic carbocycles. The third-order valence-electron chi connectivity index (χ3n) is 4.78. The molecule has 0 atom stereocenters. The summed E-state index contributed by atoms with van der Waals surface area (Å²) in [5, 5.41) is 0. The smallest absolute Gasteiger partial charge is 0.279 e. The Morgan fingerprint density at radius 2 is 1.77 bits per heavy atom. The van der Waals surface area contributed by atoms with Crippen molar-refractivity contribution in [3.05, 3.63) is 76.4 Å². The largest absolute Gasteiger partial charge is 0.280 e. The van der Waals surface area contributed by atoms with Crippen LogP contribution in [0.4, 0.5) is 5.69 Å². The van der Waals surface area contributed by atoms with Crippen LogP contribution in [0.3, 0.4) is 0 Å². The van der Waals surface area contributed by atoms with Crippen molar-refractivity contribution in [3.63, 3.8) is 0 Å². The molecule has 0 unspecified atom stereocenters. The number of hydrogen-bond donors (Lipinski definition) is 1. The van der Waals surface area contributed by atoms with Crippen LogP contribution in [0.25, 0.3) is 0 Å². The lowest BCUT2D eigenvalue weighted by atomic mass is 10.0. The second-order valence-electron chi connectivity index (χ2n) is 7.20. The SMILES string of the molecule is CC(C)c1ccc(NS(=O)(=O)c2ccc(CN3C(=O)c4cccnc4C3=O)s2)cc1.